The number of esters is 1. The molecular formula is C38H76O3. The van der Waals surface area contributed by atoms with Crippen LogP contribution in [-0.4, -0.2) is 23.8 Å². The van der Waals surface area contributed by atoms with Gasteiger partial charge in [0, 0.05) is 6.42 Å². The van der Waals surface area contributed by atoms with Gasteiger partial charge in [-0.3, -0.25) is 4.79 Å². The Morgan fingerprint density at radius 1 is 0.463 bits per heavy atom. The maximum atomic E-state index is 12.4. The summed E-state index contributed by atoms with van der Waals surface area (Å²) in [7, 11) is 0. The lowest BCUT2D eigenvalue weighted by molar-refractivity contribution is -0.145. The number of unbranched alkanes of at least 4 members (excludes halogenated alkanes) is 22. The molecule has 0 aliphatic rings. The molecule has 3 heteroatoms. The van der Waals surface area contributed by atoms with Gasteiger partial charge in [0.2, 0.25) is 0 Å². The molecular weight excluding hydrogens is 504 g/mol. The molecule has 0 aromatic carbocycles. The van der Waals surface area contributed by atoms with Crippen molar-refractivity contribution in [3.63, 3.8) is 0 Å². The van der Waals surface area contributed by atoms with Crippen molar-refractivity contribution in [1.82, 2.24) is 0 Å². The van der Waals surface area contributed by atoms with Gasteiger partial charge < -0.3 is 9.84 Å². The minimum Gasteiger partial charge on any atom is -0.465 e. The summed E-state index contributed by atoms with van der Waals surface area (Å²) in [6, 6.07) is 0. The van der Waals surface area contributed by atoms with Crippen LogP contribution >= 0.6 is 0 Å². The maximum absolute atomic E-state index is 12.4. The van der Waals surface area contributed by atoms with Crippen LogP contribution in [0.15, 0.2) is 0 Å². The smallest absolute Gasteiger partial charge is 0.305 e. The molecule has 41 heavy (non-hydrogen) atoms. The number of hydrogen-bond acceptors (Lipinski definition) is 3. The maximum Gasteiger partial charge on any atom is 0.305 e. The highest BCUT2D eigenvalue weighted by atomic mass is 16.5. The van der Waals surface area contributed by atoms with Crippen molar-refractivity contribution in [1.29, 1.82) is 0 Å². The van der Waals surface area contributed by atoms with E-state index < -0.39 is 0 Å². The van der Waals surface area contributed by atoms with Crippen molar-refractivity contribution >= 4 is 5.97 Å². The van der Waals surface area contributed by atoms with Gasteiger partial charge in [-0.1, -0.05) is 181 Å². The summed E-state index contributed by atoms with van der Waals surface area (Å²) in [5, 5.41) is 10.1. The van der Waals surface area contributed by atoms with E-state index >= 15 is 0 Å². The van der Waals surface area contributed by atoms with Crippen molar-refractivity contribution in [2.45, 2.75) is 226 Å². The normalized spacial score (nSPS) is 13.0. The van der Waals surface area contributed by atoms with E-state index in [1.54, 1.807) is 0 Å². The molecule has 0 rings (SSSR count). The minimum absolute atomic E-state index is 0.0297. The Morgan fingerprint density at radius 2 is 0.780 bits per heavy atom. The third-order valence-corrected chi connectivity index (χ3v) is 8.97. The van der Waals surface area contributed by atoms with Gasteiger partial charge in [0.05, 0.1) is 12.7 Å². The van der Waals surface area contributed by atoms with Gasteiger partial charge in [-0.25, -0.2) is 0 Å². The molecule has 0 fully saturated rings. The first-order chi connectivity index (χ1) is 20.1. The van der Waals surface area contributed by atoms with E-state index in [9.17, 15) is 9.90 Å². The van der Waals surface area contributed by atoms with Gasteiger partial charge >= 0.3 is 5.97 Å². The number of carbonyl (C=O) groups is 1. The predicted molar refractivity (Wildman–Crippen MR) is 181 cm³/mol. The molecule has 1 N–H and O–H groups in total. The zero-order valence-corrected chi connectivity index (χ0v) is 28.5. The quantitative estimate of drug-likeness (QED) is 0.0608. The van der Waals surface area contributed by atoms with Gasteiger partial charge in [-0.2, -0.15) is 0 Å². The summed E-state index contributed by atoms with van der Waals surface area (Å²) >= 11 is 0. The second-order valence-corrected chi connectivity index (χ2v) is 13.2. The predicted octanol–water partition coefficient (Wildman–Crippen LogP) is 12.7. The Labute approximate surface area is 258 Å². The Balaban J connectivity index is 3.85. The van der Waals surface area contributed by atoms with Gasteiger partial charge in [-0.15, -0.1) is 0 Å². The molecule has 0 saturated heterocycles. The number of ether oxygens (including phenoxy) is 1. The van der Waals surface area contributed by atoms with Crippen LogP contribution in [0.3, 0.4) is 0 Å². The molecule has 0 aromatic rings. The number of rotatable bonds is 34. The number of hydrogen-bond donors (Lipinski definition) is 1. The van der Waals surface area contributed by atoms with Crippen LogP contribution < -0.4 is 0 Å². The molecule has 0 bridgehead atoms. The molecule has 246 valence electrons. The van der Waals surface area contributed by atoms with Crippen LogP contribution in [0.1, 0.15) is 220 Å². The minimum atomic E-state index is -0.0810. The SMILES string of the molecule is CCCCCCCCCCC(CCCCCCCC)COC(=O)CCCCCCCCCCC(O)CCCCCC. The fraction of sp³-hybridized carbons (Fsp3) is 0.974. The van der Waals surface area contributed by atoms with E-state index in [0.717, 1.165) is 25.7 Å². The van der Waals surface area contributed by atoms with Gasteiger partial charge in [-0.05, 0) is 38.0 Å². The number of aliphatic hydroxyl groups is 1. The van der Waals surface area contributed by atoms with Gasteiger partial charge in [0.1, 0.15) is 0 Å². The van der Waals surface area contributed by atoms with Gasteiger partial charge in [0.25, 0.3) is 0 Å². The zero-order chi connectivity index (χ0) is 30.1. The first-order valence-corrected chi connectivity index (χ1v) is 19.0. The van der Waals surface area contributed by atoms with Crippen LogP contribution in [0.25, 0.3) is 0 Å². The monoisotopic (exact) mass is 581 g/mol. The first kappa shape index (κ1) is 40.4. The second kappa shape index (κ2) is 33.9. The number of carbonyl (C=O) groups excluding carboxylic acids is 1. The molecule has 0 aliphatic carbocycles. The fourth-order valence-electron chi connectivity index (χ4n) is 6.04. The summed E-state index contributed by atoms with van der Waals surface area (Å²) in [5.74, 6) is 0.592. The van der Waals surface area contributed by atoms with Gasteiger partial charge in [0.15, 0.2) is 0 Å². The zero-order valence-electron chi connectivity index (χ0n) is 28.5. The lowest BCUT2D eigenvalue weighted by Gasteiger charge is -2.17. The third-order valence-electron chi connectivity index (χ3n) is 8.97. The topological polar surface area (TPSA) is 46.5 Å². The first-order valence-electron chi connectivity index (χ1n) is 19.0. The molecule has 0 radical (unpaired) electrons. The highest BCUT2D eigenvalue weighted by Crippen LogP contribution is 2.21. The molecule has 0 heterocycles. The molecule has 2 atom stereocenters. The molecule has 3 nitrogen and oxygen atoms in total. The van der Waals surface area contributed by atoms with E-state index in [1.807, 2.05) is 0 Å². The molecule has 0 saturated carbocycles. The average molecular weight is 581 g/mol. The van der Waals surface area contributed by atoms with Crippen LogP contribution in [0.5, 0.6) is 0 Å². The summed E-state index contributed by atoms with van der Waals surface area (Å²) in [4.78, 5) is 12.4. The van der Waals surface area contributed by atoms with E-state index in [1.165, 1.54) is 167 Å². The van der Waals surface area contributed by atoms with E-state index in [0.29, 0.717) is 18.9 Å². The standard InChI is InChI=1S/C38H76O3/c1-4-7-10-13-15-18-22-26-31-36(30-25-21-14-11-8-5-2)35-41-38(40)34-29-24-20-17-16-19-23-28-33-37(39)32-27-12-9-6-3/h36-37,39H,4-35H2,1-3H3. The molecule has 2 unspecified atom stereocenters. The molecule has 0 aliphatic heterocycles. The van der Waals surface area contributed by atoms with Crippen molar-refractivity contribution in [3.05, 3.63) is 0 Å². The van der Waals surface area contributed by atoms with Crippen molar-refractivity contribution in [2.24, 2.45) is 5.92 Å². The van der Waals surface area contributed by atoms with Crippen molar-refractivity contribution < 1.29 is 14.6 Å². The summed E-state index contributed by atoms with van der Waals surface area (Å²) in [6.07, 6.45) is 38.5. The van der Waals surface area contributed by atoms with Crippen LogP contribution in [-0.2, 0) is 9.53 Å². The largest absolute Gasteiger partial charge is 0.465 e. The Bertz CT molecular complexity index is 506. The Hall–Kier alpha value is -0.570. The van der Waals surface area contributed by atoms with Crippen LogP contribution in [0, 0.1) is 5.92 Å². The summed E-state index contributed by atoms with van der Waals surface area (Å²) < 4.78 is 5.79. The lowest BCUT2D eigenvalue weighted by atomic mass is 9.94. The van der Waals surface area contributed by atoms with E-state index in [-0.39, 0.29) is 12.1 Å². The third kappa shape index (κ3) is 32.2. The second-order valence-electron chi connectivity index (χ2n) is 13.2. The van der Waals surface area contributed by atoms with E-state index in [4.69, 9.17) is 4.74 Å². The van der Waals surface area contributed by atoms with Crippen LogP contribution in [0.2, 0.25) is 0 Å². The molecule has 0 aromatic heterocycles. The van der Waals surface area contributed by atoms with Crippen LogP contribution in [0.4, 0.5) is 0 Å². The van der Waals surface area contributed by atoms with Crippen molar-refractivity contribution in [3.8, 4) is 0 Å². The highest BCUT2D eigenvalue weighted by Gasteiger charge is 2.12. The molecule has 0 spiro atoms. The Kier molecular flexibility index (Phi) is 33.5. The van der Waals surface area contributed by atoms with E-state index in [2.05, 4.69) is 20.8 Å². The lowest BCUT2D eigenvalue weighted by Crippen LogP contribution is -2.14. The molecule has 0 amide bonds. The van der Waals surface area contributed by atoms with Crippen molar-refractivity contribution in [2.75, 3.05) is 6.61 Å². The summed E-state index contributed by atoms with van der Waals surface area (Å²) in [6.45, 7) is 7.45. The average Bonchev–Trinajstić information content (AvgIpc) is 2.97. The summed E-state index contributed by atoms with van der Waals surface area (Å²) in [5.41, 5.74) is 0. The highest BCUT2D eigenvalue weighted by molar-refractivity contribution is 5.69. The fourth-order valence-corrected chi connectivity index (χ4v) is 6.04. The number of aliphatic hydroxyl groups excluding tert-OH is 1. The Morgan fingerprint density at radius 3 is 1.20 bits per heavy atom.